The maximum Gasteiger partial charge on any atom is 0.228 e. The Morgan fingerprint density at radius 2 is 1.88 bits per heavy atom. The Bertz CT molecular complexity index is 1150. The van der Waals surface area contributed by atoms with Crippen LogP contribution in [0.25, 0.3) is 11.1 Å². The lowest BCUT2D eigenvalue weighted by molar-refractivity contribution is -0.133. The summed E-state index contributed by atoms with van der Waals surface area (Å²) in [6.45, 7) is 1.90. The van der Waals surface area contributed by atoms with Crippen LogP contribution in [-0.4, -0.2) is 54.6 Å². The van der Waals surface area contributed by atoms with Gasteiger partial charge in [-0.2, -0.15) is 0 Å². The van der Waals surface area contributed by atoms with Crippen molar-refractivity contribution in [1.82, 2.24) is 14.9 Å². The van der Waals surface area contributed by atoms with Crippen molar-refractivity contribution in [1.29, 1.82) is 0 Å². The lowest BCUT2D eigenvalue weighted by Gasteiger charge is -2.32. The molecule has 8 heteroatoms. The third kappa shape index (κ3) is 5.63. The number of sulfone groups is 1. The second-order valence-electron chi connectivity index (χ2n) is 8.14. The maximum absolute atomic E-state index is 12.4. The first-order chi connectivity index (χ1) is 15.4. The summed E-state index contributed by atoms with van der Waals surface area (Å²) in [5, 5.41) is 0. The molecule has 0 aliphatic carbocycles. The predicted octanol–water partition coefficient (Wildman–Crippen LogP) is 3.23. The van der Waals surface area contributed by atoms with Gasteiger partial charge < -0.3 is 14.6 Å². The highest BCUT2D eigenvalue weighted by atomic mass is 32.2. The number of hydrogen-bond donors (Lipinski definition) is 1. The Hall–Kier alpha value is -2.97. The summed E-state index contributed by atoms with van der Waals surface area (Å²) in [6, 6.07) is 15.0. The largest absolute Gasteiger partial charge is 0.373 e. The number of hydrogen-bond acceptors (Lipinski definition) is 5. The first-order valence-corrected chi connectivity index (χ1v) is 12.5. The molecule has 1 aromatic heterocycles. The molecule has 4 rings (SSSR count). The van der Waals surface area contributed by atoms with E-state index in [2.05, 4.69) is 16.0 Å². The fraction of sp³-hybridized carbons (Fsp3) is 0.333. The highest BCUT2D eigenvalue weighted by molar-refractivity contribution is 7.90. The van der Waals surface area contributed by atoms with E-state index in [1.807, 2.05) is 35.2 Å². The van der Waals surface area contributed by atoms with Gasteiger partial charge in [-0.3, -0.25) is 4.79 Å². The molecule has 2 aromatic carbocycles. The Morgan fingerprint density at radius 1 is 1.12 bits per heavy atom. The van der Waals surface area contributed by atoms with Crippen LogP contribution in [0.5, 0.6) is 0 Å². The van der Waals surface area contributed by atoms with Crippen LogP contribution in [-0.2, 0) is 32.4 Å². The first kappa shape index (κ1) is 22.2. The first-order valence-electron chi connectivity index (χ1n) is 10.6. The zero-order chi connectivity index (χ0) is 22.6. The molecule has 1 amide bonds. The minimum atomic E-state index is -3.20. The van der Waals surface area contributed by atoms with Gasteiger partial charge in [0.05, 0.1) is 30.4 Å². The Kier molecular flexibility index (Phi) is 6.72. The van der Waals surface area contributed by atoms with Crippen molar-refractivity contribution in [2.45, 2.75) is 36.9 Å². The molecule has 1 fully saturated rings. The second kappa shape index (κ2) is 9.67. The van der Waals surface area contributed by atoms with Crippen molar-refractivity contribution in [2.75, 3.05) is 19.3 Å². The number of H-pyrrole nitrogens is 1. The third-order valence-corrected chi connectivity index (χ3v) is 6.85. The second-order valence-corrected chi connectivity index (χ2v) is 10.2. The molecule has 0 unspecified atom stereocenters. The van der Waals surface area contributed by atoms with E-state index in [1.54, 1.807) is 24.7 Å². The average Bonchev–Trinajstić information content (AvgIpc) is 3.31. The average molecular weight is 454 g/mol. The van der Waals surface area contributed by atoms with Gasteiger partial charge in [-0.05, 0) is 47.7 Å². The van der Waals surface area contributed by atoms with E-state index in [4.69, 9.17) is 4.74 Å². The van der Waals surface area contributed by atoms with E-state index in [-0.39, 0.29) is 12.0 Å². The van der Waals surface area contributed by atoms with Crippen molar-refractivity contribution in [3.05, 3.63) is 72.3 Å². The molecule has 1 saturated heterocycles. The van der Waals surface area contributed by atoms with Gasteiger partial charge >= 0.3 is 0 Å². The summed E-state index contributed by atoms with van der Waals surface area (Å²) in [5.41, 5.74) is 3.88. The topological polar surface area (TPSA) is 92.4 Å². The smallest absolute Gasteiger partial charge is 0.228 e. The molecular weight excluding hydrogens is 426 g/mol. The van der Waals surface area contributed by atoms with E-state index >= 15 is 0 Å². The van der Waals surface area contributed by atoms with Gasteiger partial charge in [0.25, 0.3) is 0 Å². The van der Waals surface area contributed by atoms with E-state index in [1.165, 1.54) is 6.26 Å². The third-order valence-electron chi connectivity index (χ3n) is 5.72. The van der Waals surface area contributed by atoms with Crippen molar-refractivity contribution in [3.8, 4) is 11.1 Å². The number of carbonyl (C=O) groups is 1. The number of rotatable bonds is 7. The molecular formula is C24H27N3O4S. The summed E-state index contributed by atoms with van der Waals surface area (Å²) < 4.78 is 29.4. The van der Waals surface area contributed by atoms with Crippen LogP contribution < -0.4 is 0 Å². The van der Waals surface area contributed by atoms with Crippen LogP contribution in [0.2, 0.25) is 0 Å². The molecule has 1 aliphatic rings. The number of nitrogens with one attached hydrogen (secondary N) is 1. The minimum Gasteiger partial charge on any atom is -0.373 e. The van der Waals surface area contributed by atoms with Crippen molar-refractivity contribution in [3.63, 3.8) is 0 Å². The number of ether oxygens (including phenoxy) is 1. The van der Waals surface area contributed by atoms with Crippen molar-refractivity contribution in [2.24, 2.45) is 0 Å². The van der Waals surface area contributed by atoms with Gasteiger partial charge in [-0.1, -0.05) is 30.3 Å². The number of nitrogens with zero attached hydrogens (tertiary/aromatic N) is 2. The van der Waals surface area contributed by atoms with Crippen molar-refractivity contribution < 1.29 is 17.9 Å². The summed E-state index contributed by atoms with van der Waals surface area (Å²) in [5.74, 6) is 0.113. The SMILES string of the molecule is CS(=O)(=O)c1ccc(-c2cccc(COC3CCN(C(=O)Cc4cnc[nH]4)CC3)c2)cc1. The molecule has 2 heterocycles. The van der Waals surface area contributed by atoms with E-state index in [0.29, 0.717) is 31.0 Å². The van der Waals surface area contributed by atoms with Crippen LogP contribution in [0.15, 0.2) is 66.0 Å². The lowest BCUT2D eigenvalue weighted by atomic mass is 10.0. The minimum absolute atomic E-state index is 0.113. The molecule has 0 saturated carbocycles. The summed E-state index contributed by atoms with van der Waals surface area (Å²) >= 11 is 0. The molecule has 1 aliphatic heterocycles. The Morgan fingerprint density at radius 3 is 2.53 bits per heavy atom. The van der Waals surface area contributed by atoms with Crippen molar-refractivity contribution >= 4 is 15.7 Å². The number of aromatic amines is 1. The molecule has 7 nitrogen and oxygen atoms in total. The van der Waals surface area contributed by atoms with Crippen LogP contribution in [0.1, 0.15) is 24.1 Å². The van der Waals surface area contributed by atoms with Gasteiger partial charge in [0.2, 0.25) is 5.91 Å². The summed E-state index contributed by atoms with van der Waals surface area (Å²) in [6.07, 6.45) is 6.60. The molecule has 168 valence electrons. The standard InChI is InChI=1S/C24H27N3O4S/c1-32(29,30)23-7-5-19(6-8-23)20-4-2-3-18(13-20)16-31-22-9-11-27(12-10-22)24(28)14-21-15-25-17-26-21/h2-8,13,15,17,22H,9-12,14,16H2,1H3,(H,25,26). The summed E-state index contributed by atoms with van der Waals surface area (Å²) in [4.78, 5) is 21.5. The number of aromatic nitrogens is 2. The molecule has 0 bridgehead atoms. The zero-order valence-corrected chi connectivity index (χ0v) is 18.8. The quantitative estimate of drug-likeness (QED) is 0.593. The van der Waals surface area contributed by atoms with E-state index < -0.39 is 9.84 Å². The van der Waals surface area contributed by atoms with Gasteiger partial charge in [-0.15, -0.1) is 0 Å². The zero-order valence-electron chi connectivity index (χ0n) is 18.0. The number of benzene rings is 2. The van der Waals surface area contributed by atoms with Gasteiger partial charge in [0, 0.05) is 31.2 Å². The fourth-order valence-electron chi connectivity index (χ4n) is 3.88. The van der Waals surface area contributed by atoms with Gasteiger partial charge in [0.15, 0.2) is 9.84 Å². The number of piperidine rings is 1. The molecule has 3 aromatic rings. The number of likely N-dealkylation sites (tertiary alicyclic amines) is 1. The molecule has 0 radical (unpaired) electrons. The predicted molar refractivity (Wildman–Crippen MR) is 122 cm³/mol. The number of imidazole rings is 1. The van der Waals surface area contributed by atoms with Crippen LogP contribution in [0, 0.1) is 0 Å². The fourth-order valence-corrected chi connectivity index (χ4v) is 4.51. The monoisotopic (exact) mass is 453 g/mol. The number of amides is 1. The Balaban J connectivity index is 1.29. The highest BCUT2D eigenvalue weighted by Crippen LogP contribution is 2.24. The van der Waals surface area contributed by atoms with E-state index in [9.17, 15) is 13.2 Å². The molecule has 0 atom stereocenters. The number of carbonyl (C=O) groups excluding carboxylic acids is 1. The normalized spacial score (nSPS) is 15.1. The highest BCUT2D eigenvalue weighted by Gasteiger charge is 2.23. The summed E-state index contributed by atoms with van der Waals surface area (Å²) in [7, 11) is -3.20. The van der Waals surface area contributed by atoms with Crippen LogP contribution >= 0.6 is 0 Å². The van der Waals surface area contributed by atoms with Gasteiger partial charge in [0.1, 0.15) is 0 Å². The molecule has 32 heavy (non-hydrogen) atoms. The maximum atomic E-state index is 12.4. The Labute approximate surface area is 188 Å². The molecule has 0 spiro atoms. The lowest BCUT2D eigenvalue weighted by Crippen LogP contribution is -2.41. The van der Waals surface area contributed by atoms with Gasteiger partial charge in [-0.25, -0.2) is 13.4 Å². The van der Waals surface area contributed by atoms with Crippen LogP contribution in [0.4, 0.5) is 0 Å². The molecule has 1 N–H and O–H groups in total. The van der Waals surface area contributed by atoms with E-state index in [0.717, 1.165) is 35.2 Å². The van der Waals surface area contributed by atoms with Crippen LogP contribution in [0.3, 0.4) is 0 Å².